The highest BCUT2D eigenvalue weighted by Gasteiger charge is 2.16. The topological polar surface area (TPSA) is 92.4 Å². The second-order valence-electron chi connectivity index (χ2n) is 4.77. The number of carboxylic acid groups (broad SMARTS) is 1. The third-order valence-corrected chi connectivity index (χ3v) is 2.96. The van der Waals surface area contributed by atoms with E-state index in [1.165, 1.54) is 0 Å². The number of carbonyl (C=O) groups excluding carboxylic acids is 1. The van der Waals surface area contributed by atoms with Crippen molar-refractivity contribution in [3.05, 3.63) is 35.4 Å². The molecule has 1 atom stereocenters. The van der Waals surface area contributed by atoms with E-state index >= 15 is 0 Å². The maximum atomic E-state index is 11.6. The summed E-state index contributed by atoms with van der Waals surface area (Å²) in [7, 11) is 0. The summed E-state index contributed by atoms with van der Waals surface area (Å²) < 4.78 is 0. The molecule has 1 amide bonds. The van der Waals surface area contributed by atoms with Gasteiger partial charge in [-0.1, -0.05) is 32.0 Å². The summed E-state index contributed by atoms with van der Waals surface area (Å²) in [6, 6.07) is 6.23. The maximum absolute atomic E-state index is 11.6. The van der Waals surface area contributed by atoms with Crippen molar-refractivity contribution in [3.8, 4) is 0 Å². The van der Waals surface area contributed by atoms with Gasteiger partial charge in [0.15, 0.2) is 0 Å². The molecule has 0 aliphatic rings. The molecule has 0 saturated carbocycles. The molecule has 1 unspecified atom stereocenters. The summed E-state index contributed by atoms with van der Waals surface area (Å²) in [6.07, 6.45) is 0.471. The summed E-state index contributed by atoms with van der Waals surface area (Å²) in [4.78, 5) is 22.7. The van der Waals surface area contributed by atoms with Gasteiger partial charge in [-0.15, -0.1) is 0 Å². The Kier molecular flexibility index (Phi) is 5.51. The number of hydrogen-bond acceptors (Lipinski definition) is 3. The molecule has 104 valence electrons. The molecule has 0 saturated heterocycles. The number of nitrogens with two attached hydrogens (primary N) is 1. The summed E-state index contributed by atoms with van der Waals surface area (Å²) in [5, 5.41) is 11.7. The van der Waals surface area contributed by atoms with Crippen molar-refractivity contribution in [3.63, 3.8) is 0 Å². The van der Waals surface area contributed by atoms with E-state index in [2.05, 4.69) is 5.32 Å². The van der Waals surface area contributed by atoms with Crippen LogP contribution in [0, 0.1) is 5.92 Å². The first-order valence-electron chi connectivity index (χ1n) is 6.28. The fourth-order valence-electron chi connectivity index (χ4n) is 1.69. The van der Waals surface area contributed by atoms with Crippen LogP contribution in [0.15, 0.2) is 24.3 Å². The smallest absolute Gasteiger partial charge is 0.335 e. The van der Waals surface area contributed by atoms with Crippen molar-refractivity contribution >= 4 is 11.9 Å². The molecule has 0 fully saturated rings. The molecule has 0 bridgehead atoms. The number of amides is 1. The van der Waals surface area contributed by atoms with Crippen molar-refractivity contribution in [1.29, 1.82) is 0 Å². The normalized spacial score (nSPS) is 12.2. The monoisotopic (exact) mass is 264 g/mol. The minimum atomic E-state index is -0.958. The molecule has 19 heavy (non-hydrogen) atoms. The highest BCUT2D eigenvalue weighted by atomic mass is 16.4. The van der Waals surface area contributed by atoms with Crippen LogP contribution >= 0.6 is 0 Å². The van der Waals surface area contributed by atoms with Crippen molar-refractivity contribution < 1.29 is 14.7 Å². The van der Waals surface area contributed by atoms with Crippen LogP contribution in [0.5, 0.6) is 0 Å². The first kappa shape index (κ1) is 15.2. The average Bonchev–Trinajstić information content (AvgIpc) is 2.37. The van der Waals surface area contributed by atoms with Gasteiger partial charge < -0.3 is 16.2 Å². The summed E-state index contributed by atoms with van der Waals surface area (Å²) in [6.45, 7) is 4.14. The summed E-state index contributed by atoms with van der Waals surface area (Å²) in [5.41, 5.74) is 6.68. The lowest BCUT2D eigenvalue weighted by Gasteiger charge is -2.15. The van der Waals surface area contributed by atoms with Gasteiger partial charge in [0.25, 0.3) is 0 Å². The average molecular weight is 264 g/mol. The first-order chi connectivity index (χ1) is 8.93. The number of benzene rings is 1. The molecule has 0 aromatic heterocycles. The van der Waals surface area contributed by atoms with Crippen LogP contribution in [0.25, 0.3) is 0 Å². The van der Waals surface area contributed by atoms with E-state index < -0.39 is 12.0 Å². The molecular weight excluding hydrogens is 244 g/mol. The Bertz CT molecular complexity index is 458. The third-order valence-electron chi connectivity index (χ3n) is 2.96. The standard InChI is InChI=1S/C14H20N2O3/c1-9(2)12(15)13(17)16-8-7-10-5-3-4-6-11(10)14(18)19/h3-6,9,12H,7-8,15H2,1-2H3,(H,16,17)(H,18,19). The van der Waals surface area contributed by atoms with Crippen molar-refractivity contribution in [1.82, 2.24) is 5.32 Å². The summed E-state index contributed by atoms with van der Waals surface area (Å²) >= 11 is 0. The van der Waals surface area contributed by atoms with E-state index in [0.717, 1.165) is 0 Å². The second-order valence-corrected chi connectivity index (χ2v) is 4.77. The van der Waals surface area contributed by atoms with E-state index in [0.29, 0.717) is 18.5 Å². The van der Waals surface area contributed by atoms with Crippen molar-refractivity contribution in [2.75, 3.05) is 6.54 Å². The highest BCUT2D eigenvalue weighted by molar-refractivity contribution is 5.89. The zero-order chi connectivity index (χ0) is 14.4. The number of aromatic carboxylic acids is 1. The maximum Gasteiger partial charge on any atom is 0.335 e. The molecule has 1 rings (SSSR count). The molecule has 5 heteroatoms. The van der Waals surface area contributed by atoms with E-state index in [1.807, 2.05) is 13.8 Å². The molecule has 1 aromatic carbocycles. The fraction of sp³-hybridized carbons (Fsp3) is 0.429. The quantitative estimate of drug-likeness (QED) is 0.715. The number of carboxylic acids is 1. The second kappa shape index (κ2) is 6.89. The van der Waals surface area contributed by atoms with E-state index in [9.17, 15) is 9.59 Å². The van der Waals surface area contributed by atoms with Gasteiger partial charge in [0, 0.05) is 6.54 Å². The van der Waals surface area contributed by atoms with Crippen LogP contribution in [0.4, 0.5) is 0 Å². The van der Waals surface area contributed by atoms with Crippen LogP contribution < -0.4 is 11.1 Å². The number of carbonyl (C=O) groups is 2. The molecule has 0 aliphatic carbocycles. The van der Waals surface area contributed by atoms with Crippen LogP contribution in [0.2, 0.25) is 0 Å². The molecule has 0 heterocycles. The van der Waals surface area contributed by atoms with Crippen molar-refractivity contribution in [2.24, 2.45) is 11.7 Å². The number of rotatable bonds is 6. The minimum Gasteiger partial charge on any atom is -0.478 e. The van der Waals surface area contributed by atoms with Crippen LogP contribution in [-0.4, -0.2) is 29.6 Å². The third kappa shape index (κ3) is 4.37. The van der Waals surface area contributed by atoms with Crippen LogP contribution in [0.1, 0.15) is 29.8 Å². The van der Waals surface area contributed by atoms with Gasteiger partial charge >= 0.3 is 5.97 Å². The van der Waals surface area contributed by atoms with Gasteiger partial charge in [-0.25, -0.2) is 4.79 Å². The minimum absolute atomic E-state index is 0.0753. The zero-order valence-electron chi connectivity index (χ0n) is 11.2. The SMILES string of the molecule is CC(C)C(N)C(=O)NCCc1ccccc1C(=O)O. The van der Waals surface area contributed by atoms with E-state index in [1.54, 1.807) is 24.3 Å². The number of nitrogens with one attached hydrogen (secondary N) is 1. The Hall–Kier alpha value is -1.88. The Morgan fingerprint density at radius 1 is 1.32 bits per heavy atom. The van der Waals surface area contributed by atoms with Gasteiger partial charge in [0.2, 0.25) is 5.91 Å². The Morgan fingerprint density at radius 3 is 2.53 bits per heavy atom. The Morgan fingerprint density at radius 2 is 1.95 bits per heavy atom. The molecule has 5 nitrogen and oxygen atoms in total. The molecule has 4 N–H and O–H groups in total. The molecular formula is C14H20N2O3. The molecule has 0 radical (unpaired) electrons. The lowest BCUT2D eigenvalue weighted by molar-refractivity contribution is -0.123. The molecule has 0 spiro atoms. The van der Waals surface area contributed by atoms with Gasteiger partial charge in [0.05, 0.1) is 11.6 Å². The van der Waals surface area contributed by atoms with Crippen molar-refractivity contribution in [2.45, 2.75) is 26.3 Å². The van der Waals surface area contributed by atoms with Gasteiger partial charge in [-0.05, 0) is 24.0 Å². The lowest BCUT2D eigenvalue weighted by atomic mass is 10.0. The Balaban J connectivity index is 2.54. The highest BCUT2D eigenvalue weighted by Crippen LogP contribution is 2.09. The predicted octanol–water partition coefficient (Wildman–Crippen LogP) is 1.03. The number of hydrogen-bond donors (Lipinski definition) is 3. The lowest BCUT2D eigenvalue weighted by Crippen LogP contribution is -2.44. The van der Waals surface area contributed by atoms with Gasteiger partial charge in [-0.3, -0.25) is 4.79 Å². The van der Waals surface area contributed by atoms with Gasteiger partial charge in [-0.2, -0.15) is 0 Å². The first-order valence-corrected chi connectivity index (χ1v) is 6.28. The van der Waals surface area contributed by atoms with E-state index in [4.69, 9.17) is 10.8 Å². The zero-order valence-corrected chi connectivity index (χ0v) is 11.2. The van der Waals surface area contributed by atoms with Crippen LogP contribution in [-0.2, 0) is 11.2 Å². The predicted molar refractivity (Wildman–Crippen MR) is 72.9 cm³/mol. The Labute approximate surface area is 112 Å². The fourth-order valence-corrected chi connectivity index (χ4v) is 1.69. The molecule has 0 aliphatic heterocycles. The van der Waals surface area contributed by atoms with Gasteiger partial charge in [0.1, 0.15) is 0 Å². The van der Waals surface area contributed by atoms with Crippen LogP contribution in [0.3, 0.4) is 0 Å². The van der Waals surface area contributed by atoms with E-state index in [-0.39, 0.29) is 17.4 Å². The summed E-state index contributed by atoms with van der Waals surface area (Å²) in [5.74, 6) is -1.09. The molecule has 1 aromatic rings. The largest absolute Gasteiger partial charge is 0.478 e.